The van der Waals surface area contributed by atoms with E-state index >= 15 is 0 Å². The van der Waals surface area contributed by atoms with E-state index in [1.807, 2.05) is 60.4 Å². The minimum atomic E-state index is -0.488. The average molecular weight is 421 g/mol. The third-order valence-corrected chi connectivity index (χ3v) is 5.99. The highest BCUT2D eigenvalue weighted by atomic mass is 35.5. The Hall–Kier alpha value is -3.19. The zero-order valence-corrected chi connectivity index (χ0v) is 17.3. The maximum atomic E-state index is 13.7. The van der Waals surface area contributed by atoms with Crippen LogP contribution < -0.4 is 0 Å². The van der Waals surface area contributed by atoms with Crippen LogP contribution in [0.1, 0.15) is 28.7 Å². The molecule has 0 bridgehead atoms. The van der Waals surface area contributed by atoms with Crippen molar-refractivity contribution in [2.75, 3.05) is 6.54 Å². The van der Waals surface area contributed by atoms with Crippen molar-refractivity contribution in [1.29, 1.82) is 0 Å². The molecule has 0 radical (unpaired) electrons. The first kappa shape index (κ1) is 18.8. The molecule has 0 aliphatic carbocycles. The number of benzene rings is 2. The summed E-state index contributed by atoms with van der Waals surface area (Å²) in [4.78, 5) is 19.0. The molecule has 152 valence electrons. The number of tetrazole rings is 1. The van der Waals surface area contributed by atoms with Gasteiger partial charge in [-0.2, -0.15) is 0 Å². The number of aromatic amines is 1. The van der Waals surface area contributed by atoms with Crippen molar-refractivity contribution in [3.63, 3.8) is 0 Å². The number of rotatable bonds is 4. The van der Waals surface area contributed by atoms with Crippen LogP contribution >= 0.6 is 11.6 Å². The first-order valence-electron chi connectivity index (χ1n) is 9.96. The number of hydrogen-bond acceptors (Lipinski definition) is 4. The third-order valence-electron chi connectivity index (χ3n) is 5.76. The van der Waals surface area contributed by atoms with Crippen LogP contribution in [0.5, 0.6) is 0 Å². The van der Waals surface area contributed by atoms with E-state index in [4.69, 9.17) is 11.6 Å². The highest BCUT2D eigenvalue weighted by molar-refractivity contribution is 6.31. The maximum absolute atomic E-state index is 13.7. The average Bonchev–Trinajstić information content (AvgIpc) is 3.35. The molecule has 0 saturated heterocycles. The molecule has 8 heteroatoms. The van der Waals surface area contributed by atoms with Crippen molar-refractivity contribution >= 4 is 28.4 Å². The lowest BCUT2D eigenvalue weighted by atomic mass is 10.0. The molecular formula is C22H21ClN6O. The number of hydrogen-bond donors (Lipinski definition) is 1. The molecule has 1 N–H and O–H groups in total. The van der Waals surface area contributed by atoms with Gasteiger partial charge in [-0.3, -0.25) is 4.79 Å². The molecular weight excluding hydrogens is 400 g/mol. The van der Waals surface area contributed by atoms with Crippen molar-refractivity contribution in [2.45, 2.75) is 32.4 Å². The number of H-pyrrole nitrogens is 1. The first-order valence-corrected chi connectivity index (χ1v) is 10.3. The second kappa shape index (κ2) is 7.57. The van der Waals surface area contributed by atoms with Gasteiger partial charge in [-0.1, -0.05) is 41.9 Å². The van der Waals surface area contributed by atoms with E-state index in [9.17, 15) is 4.79 Å². The summed E-state index contributed by atoms with van der Waals surface area (Å²) in [6.07, 6.45) is 1.31. The third kappa shape index (κ3) is 3.35. The van der Waals surface area contributed by atoms with Crippen LogP contribution in [0, 0.1) is 6.92 Å². The van der Waals surface area contributed by atoms with Crippen LogP contribution in [0.25, 0.3) is 10.9 Å². The zero-order chi connectivity index (χ0) is 20.7. The summed E-state index contributed by atoms with van der Waals surface area (Å²) < 4.78 is 1.64. The SMILES string of the molecule is Cc1nnnn1C(Cc1ccccc1)C(=O)N1CCc2[nH]c3ccc(Cl)cc3c2C1. The molecule has 1 aliphatic rings. The van der Waals surface area contributed by atoms with Crippen LogP contribution in [-0.2, 0) is 24.2 Å². The number of amides is 1. The molecule has 1 atom stereocenters. The predicted molar refractivity (Wildman–Crippen MR) is 114 cm³/mol. The fraction of sp³-hybridized carbons (Fsp3) is 0.273. The molecule has 3 heterocycles. The van der Waals surface area contributed by atoms with Crippen LogP contribution in [0.2, 0.25) is 5.02 Å². The Bertz CT molecular complexity index is 1220. The Balaban J connectivity index is 1.47. The molecule has 2 aromatic heterocycles. The summed E-state index contributed by atoms with van der Waals surface area (Å²) in [6, 6.07) is 15.3. The normalized spacial score (nSPS) is 14.7. The van der Waals surface area contributed by atoms with E-state index < -0.39 is 6.04 Å². The van der Waals surface area contributed by atoms with Crippen molar-refractivity contribution in [3.05, 3.63) is 76.2 Å². The minimum Gasteiger partial charge on any atom is -0.358 e. The summed E-state index contributed by atoms with van der Waals surface area (Å²) in [6.45, 7) is 3.01. The predicted octanol–water partition coefficient (Wildman–Crippen LogP) is 3.48. The number of fused-ring (bicyclic) bond motifs is 3. The van der Waals surface area contributed by atoms with Crippen molar-refractivity contribution in [3.8, 4) is 0 Å². The van der Waals surface area contributed by atoms with Crippen molar-refractivity contribution < 1.29 is 4.79 Å². The summed E-state index contributed by atoms with van der Waals surface area (Å²) in [5, 5.41) is 13.6. The second-order valence-corrected chi connectivity index (χ2v) is 8.09. The molecule has 1 amide bonds. The van der Waals surface area contributed by atoms with Gasteiger partial charge in [0.2, 0.25) is 5.91 Å². The highest BCUT2D eigenvalue weighted by Crippen LogP contribution is 2.31. The quantitative estimate of drug-likeness (QED) is 0.548. The van der Waals surface area contributed by atoms with Gasteiger partial charge >= 0.3 is 0 Å². The van der Waals surface area contributed by atoms with Crippen LogP contribution in [-0.4, -0.2) is 42.5 Å². The van der Waals surface area contributed by atoms with Crippen LogP contribution in [0.15, 0.2) is 48.5 Å². The monoisotopic (exact) mass is 420 g/mol. The lowest BCUT2D eigenvalue weighted by Crippen LogP contribution is -2.41. The van der Waals surface area contributed by atoms with Gasteiger partial charge in [0.25, 0.3) is 0 Å². The maximum Gasteiger partial charge on any atom is 0.248 e. The number of nitrogens with one attached hydrogen (secondary N) is 1. The number of halogens is 1. The van der Waals surface area contributed by atoms with Gasteiger partial charge in [-0.25, -0.2) is 4.68 Å². The highest BCUT2D eigenvalue weighted by Gasteiger charge is 2.32. The second-order valence-electron chi connectivity index (χ2n) is 7.66. The van der Waals surface area contributed by atoms with Gasteiger partial charge in [0.1, 0.15) is 11.9 Å². The summed E-state index contributed by atoms with van der Waals surface area (Å²) in [5.41, 5.74) is 4.44. The number of carbonyl (C=O) groups excluding carboxylic acids is 1. The Morgan fingerprint density at radius 2 is 2.07 bits per heavy atom. The Labute approximate surface area is 178 Å². The minimum absolute atomic E-state index is 0.0243. The van der Waals surface area contributed by atoms with Gasteiger partial charge < -0.3 is 9.88 Å². The summed E-state index contributed by atoms with van der Waals surface area (Å²) >= 11 is 6.22. The largest absolute Gasteiger partial charge is 0.358 e. The lowest BCUT2D eigenvalue weighted by Gasteiger charge is -2.31. The smallest absolute Gasteiger partial charge is 0.248 e. The van der Waals surface area contributed by atoms with Crippen LogP contribution in [0.4, 0.5) is 0 Å². The van der Waals surface area contributed by atoms with Crippen molar-refractivity contribution in [2.24, 2.45) is 0 Å². The van der Waals surface area contributed by atoms with Gasteiger partial charge in [0.15, 0.2) is 0 Å². The van der Waals surface area contributed by atoms with Crippen molar-refractivity contribution in [1.82, 2.24) is 30.1 Å². The molecule has 4 aromatic rings. The topological polar surface area (TPSA) is 79.7 Å². The molecule has 0 spiro atoms. The molecule has 5 rings (SSSR count). The Morgan fingerprint density at radius 3 is 2.83 bits per heavy atom. The van der Waals surface area contributed by atoms with Gasteiger partial charge in [0.05, 0.1) is 0 Å². The number of carbonyl (C=O) groups is 1. The fourth-order valence-electron chi connectivity index (χ4n) is 4.23. The molecule has 1 unspecified atom stereocenters. The number of aromatic nitrogens is 5. The zero-order valence-electron chi connectivity index (χ0n) is 16.5. The van der Waals surface area contributed by atoms with E-state index in [0.29, 0.717) is 30.4 Å². The Morgan fingerprint density at radius 1 is 1.23 bits per heavy atom. The summed E-state index contributed by atoms with van der Waals surface area (Å²) in [5.74, 6) is 0.650. The lowest BCUT2D eigenvalue weighted by molar-refractivity contribution is -0.136. The molecule has 7 nitrogen and oxygen atoms in total. The molecule has 0 saturated carbocycles. The molecule has 2 aromatic carbocycles. The van der Waals surface area contributed by atoms with Gasteiger partial charge in [0, 0.05) is 53.1 Å². The standard InChI is InChI=1S/C22H21ClN6O/c1-14-25-26-27-29(14)21(11-15-5-3-2-4-6-15)22(30)28-10-9-20-18(13-28)17-12-16(23)7-8-19(17)24-20/h2-8,12,21,24H,9-11,13H2,1H3. The van der Waals surface area contributed by atoms with E-state index in [1.165, 1.54) is 5.69 Å². The van der Waals surface area contributed by atoms with Gasteiger partial charge in [-0.15, -0.1) is 5.10 Å². The van der Waals surface area contributed by atoms with E-state index in [-0.39, 0.29) is 5.91 Å². The summed E-state index contributed by atoms with van der Waals surface area (Å²) in [7, 11) is 0. The van der Waals surface area contributed by atoms with E-state index in [1.54, 1.807) is 4.68 Å². The molecule has 0 fully saturated rings. The first-order chi connectivity index (χ1) is 14.6. The van der Waals surface area contributed by atoms with Crippen LogP contribution in [0.3, 0.4) is 0 Å². The molecule has 30 heavy (non-hydrogen) atoms. The fourth-order valence-corrected chi connectivity index (χ4v) is 4.40. The van der Waals surface area contributed by atoms with E-state index in [0.717, 1.165) is 28.5 Å². The molecule has 1 aliphatic heterocycles. The number of nitrogens with zero attached hydrogens (tertiary/aromatic N) is 5. The van der Waals surface area contributed by atoms with Gasteiger partial charge in [-0.05, 0) is 41.1 Å². The Kier molecular flexibility index (Phi) is 4.75. The number of aryl methyl sites for hydroxylation is 1. The van der Waals surface area contributed by atoms with E-state index in [2.05, 4.69) is 20.5 Å².